The molecule has 5 heterocycles. The number of rotatable bonds is 1. The molecule has 8 nitrogen and oxygen atoms in total. The third-order valence-electron chi connectivity index (χ3n) is 5.93. The zero-order valence-electron chi connectivity index (χ0n) is 17.0. The Balaban J connectivity index is 1.68. The molecule has 0 aromatic carbocycles. The molecule has 0 radical (unpaired) electrons. The molecule has 2 aliphatic heterocycles. The predicted octanol–water partition coefficient (Wildman–Crippen LogP) is 2.52. The minimum atomic E-state index is -0.333. The fourth-order valence-electron chi connectivity index (χ4n) is 4.38. The highest BCUT2D eigenvalue weighted by Crippen LogP contribution is 2.37. The van der Waals surface area contributed by atoms with Gasteiger partial charge in [-0.15, -0.1) is 0 Å². The number of amides is 1. The highest BCUT2D eigenvalue weighted by atomic mass is 19.1. The summed E-state index contributed by atoms with van der Waals surface area (Å²) >= 11 is 0. The van der Waals surface area contributed by atoms with Gasteiger partial charge in [0.15, 0.2) is 5.65 Å². The van der Waals surface area contributed by atoms with E-state index in [0.717, 1.165) is 36.5 Å². The van der Waals surface area contributed by atoms with E-state index in [0.29, 0.717) is 24.2 Å². The second-order valence-electron chi connectivity index (χ2n) is 8.13. The lowest BCUT2D eigenvalue weighted by molar-refractivity contribution is 0.0727. The summed E-state index contributed by atoms with van der Waals surface area (Å²) in [7, 11) is 0. The summed E-state index contributed by atoms with van der Waals surface area (Å²) in [5.74, 6) is 0.183. The summed E-state index contributed by atoms with van der Waals surface area (Å²) in [6, 6.07) is 3.58. The van der Waals surface area contributed by atoms with E-state index >= 15 is 0 Å². The number of carbonyl (C=O) groups excluding carboxylic acids is 1. The van der Waals surface area contributed by atoms with Crippen LogP contribution in [0.1, 0.15) is 54.3 Å². The van der Waals surface area contributed by atoms with Crippen LogP contribution in [0.4, 0.5) is 10.2 Å². The normalized spacial score (nSPS) is 19.9. The molecule has 2 aliphatic rings. The van der Waals surface area contributed by atoms with E-state index in [4.69, 9.17) is 4.98 Å². The Morgan fingerprint density at radius 3 is 2.97 bits per heavy atom. The maximum absolute atomic E-state index is 14.2. The molecule has 1 atom stereocenters. The van der Waals surface area contributed by atoms with Gasteiger partial charge in [0, 0.05) is 37.4 Å². The molecule has 30 heavy (non-hydrogen) atoms. The molecule has 5 rings (SSSR count). The van der Waals surface area contributed by atoms with Crippen molar-refractivity contribution in [3.05, 3.63) is 53.4 Å². The van der Waals surface area contributed by atoms with Crippen LogP contribution in [0, 0.1) is 5.82 Å². The van der Waals surface area contributed by atoms with Crippen LogP contribution >= 0.6 is 0 Å². The number of anilines is 1. The first-order valence-corrected chi connectivity index (χ1v) is 10.3. The Hall–Kier alpha value is -3.07. The number of hydrazine groups is 1. The number of halogens is 1. The Bertz CT molecular complexity index is 1110. The average Bonchev–Trinajstić information content (AvgIpc) is 3.37. The van der Waals surface area contributed by atoms with Crippen LogP contribution in [0.15, 0.2) is 30.7 Å². The lowest BCUT2D eigenvalue weighted by Gasteiger charge is -2.29. The first-order valence-electron chi connectivity index (χ1n) is 10.3. The number of nitrogens with one attached hydrogen (secondary N) is 1. The van der Waals surface area contributed by atoms with E-state index in [1.165, 1.54) is 6.20 Å². The summed E-state index contributed by atoms with van der Waals surface area (Å²) in [4.78, 5) is 24.4. The lowest BCUT2D eigenvalue weighted by atomic mass is 10.0. The van der Waals surface area contributed by atoms with Gasteiger partial charge in [-0.3, -0.25) is 15.2 Å². The Morgan fingerprint density at radius 2 is 2.13 bits per heavy atom. The third-order valence-corrected chi connectivity index (χ3v) is 5.93. The fourth-order valence-corrected chi connectivity index (χ4v) is 4.38. The molecule has 0 spiro atoms. The van der Waals surface area contributed by atoms with Crippen LogP contribution in [0.25, 0.3) is 5.65 Å². The predicted molar refractivity (Wildman–Crippen MR) is 110 cm³/mol. The van der Waals surface area contributed by atoms with E-state index in [1.807, 2.05) is 31.1 Å². The summed E-state index contributed by atoms with van der Waals surface area (Å²) in [6.07, 6.45) is 7.13. The van der Waals surface area contributed by atoms with Gasteiger partial charge in [-0.25, -0.2) is 18.9 Å². The molecule has 2 bridgehead atoms. The van der Waals surface area contributed by atoms with Crippen molar-refractivity contribution in [1.82, 2.24) is 30.0 Å². The quantitative estimate of drug-likeness (QED) is 0.665. The van der Waals surface area contributed by atoms with Crippen molar-refractivity contribution in [2.24, 2.45) is 0 Å². The fraction of sp³-hybridized carbons (Fsp3) is 0.429. The zero-order valence-corrected chi connectivity index (χ0v) is 17.0. The Kier molecular flexibility index (Phi) is 4.62. The minimum Gasteiger partial charge on any atom is -0.349 e. The van der Waals surface area contributed by atoms with Gasteiger partial charge in [0.25, 0.3) is 5.91 Å². The Morgan fingerprint density at radius 1 is 1.27 bits per heavy atom. The highest BCUT2D eigenvalue weighted by molar-refractivity contribution is 5.99. The molecule has 0 saturated carbocycles. The van der Waals surface area contributed by atoms with Crippen molar-refractivity contribution >= 4 is 17.4 Å². The highest BCUT2D eigenvalue weighted by Gasteiger charge is 2.31. The second kappa shape index (κ2) is 7.32. The van der Waals surface area contributed by atoms with Crippen molar-refractivity contribution in [1.29, 1.82) is 0 Å². The Labute approximate surface area is 173 Å². The van der Waals surface area contributed by atoms with Gasteiger partial charge in [0.2, 0.25) is 0 Å². The third kappa shape index (κ3) is 3.19. The number of pyridine rings is 1. The van der Waals surface area contributed by atoms with Crippen LogP contribution in [0.3, 0.4) is 0 Å². The van der Waals surface area contributed by atoms with E-state index < -0.39 is 0 Å². The number of hydrogen-bond acceptors (Lipinski definition) is 6. The van der Waals surface area contributed by atoms with Crippen molar-refractivity contribution in [3.8, 4) is 0 Å². The first kappa shape index (κ1) is 18.9. The number of hydrogen-bond donors (Lipinski definition) is 1. The molecule has 1 fully saturated rings. The number of fused-ring (bicyclic) bond motifs is 5. The topological polar surface area (TPSA) is 78.7 Å². The van der Waals surface area contributed by atoms with Gasteiger partial charge < -0.3 is 4.90 Å². The molecule has 3 aromatic heterocycles. The lowest BCUT2D eigenvalue weighted by Crippen LogP contribution is -2.47. The van der Waals surface area contributed by atoms with Crippen LogP contribution in [0.2, 0.25) is 0 Å². The van der Waals surface area contributed by atoms with E-state index in [9.17, 15) is 9.18 Å². The van der Waals surface area contributed by atoms with Gasteiger partial charge in [-0.2, -0.15) is 5.10 Å². The van der Waals surface area contributed by atoms with Crippen LogP contribution < -0.4 is 10.3 Å². The maximum Gasteiger partial charge on any atom is 0.271 e. The van der Waals surface area contributed by atoms with Crippen molar-refractivity contribution < 1.29 is 9.18 Å². The standard InChI is InChI=1S/C21H24FN7O/c1-13(2)28-8-5-17-15(10-14(22)11-23-17)18-4-3-7-27(18)19-6-9-29-20(25-19)16(12-24-29)21(30)26-28/h6,9-13,18H,3-5,7-8H2,1-2H3,(H,26,30)/t18-/m1/s1. The largest absolute Gasteiger partial charge is 0.349 e. The number of aromatic nitrogens is 4. The van der Waals surface area contributed by atoms with Gasteiger partial charge in [-0.1, -0.05) is 0 Å². The molecule has 0 aliphatic carbocycles. The molecule has 3 aromatic rings. The molecular formula is C21H24FN7O. The molecule has 9 heteroatoms. The van der Waals surface area contributed by atoms with Crippen LogP contribution in [-0.2, 0) is 6.42 Å². The molecule has 1 N–H and O–H groups in total. The monoisotopic (exact) mass is 409 g/mol. The molecule has 1 amide bonds. The summed E-state index contributed by atoms with van der Waals surface area (Å²) in [5, 5.41) is 6.17. The first-order chi connectivity index (χ1) is 14.5. The van der Waals surface area contributed by atoms with Crippen molar-refractivity contribution in [2.45, 2.75) is 45.2 Å². The average molecular weight is 409 g/mol. The van der Waals surface area contributed by atoms with Gasteiger partial charge in [0.1, 0.15) is 17.2 Å². The van der Waals surface area contributed by atoms with Crippen molar-refractivity contribution in [3.63, 3.8) is 0 Å². The molecular weight excluding hydrogens is 385 g/mol. The molecule has 0 unspecified atom stereocenters. The minimum absolute atomic E-state index is 0.00133. The summed E-state index contributed by atoms with van der Waals surface area (Å²) in [6.45, 7) is 5.42. The van der Waals surface area contributed by atoms with Crippen LogP contribution in [-0.4, -0.2) is 49.6 Å². The SMILES string of the molecule is CC(C)N1CCc2ncc(F)cc2[C@H]2CCCN2c2ccn3ncc(c3n2)C(=O)N1. The number of nitrogens with zero attached hydrogens (tertiary/aromatic N) is 6. The molecule has 1 saturated heterocycles. The van der Waals surface area contributed by atoms with Gasteiger partial charge in [-0.05, 0) is 44.4 Å². The summed E-state index contributed by atoms with van der Waals surface area (Å²) in [5.41, 5.74) is 5.69. The van der Waals surface area contributed by atoms with Gasteiger partial charge in [0.05, 0.1) is 18.4 Å². The smallest absolute Gasteiger partial charge is 0.271 e. The molecule has 156 valence electrons. The van der Waals surface area contributed by atoms with Crippen molar-refractivity contribution in [2.75, 3.05) is 18.0 Å². The van der Waals surface area contributed by atoms with E-state index in [-0.39, 0.29) is 23.8 Å². The van der Waals surface area contributed by atoms with E-state index in [1.54, 1.807) is 16.8 Å². The number of carbonyl (C=O) groups is 1. The maximum atomic E-state index is 14.2. The van der Waals surface area contributed by atoms with E-state index in [2.05, 4.69) is 20.4 Å². The summed E-state index contributed by atoms with van der Waals surface area (Å²) < 4.78 is 15.8. The second-order valence-corrected chi connectivity index (χ2v) is 8.13. The van der Waals surface area contributed by atoms with Gasteiger partial charge >= 0.3 is 0 Å². The van der Waals surface area contributed by atoms with Crippen LogP contribution in [0.5, 0.6) is 0 Å². The zero-order chi connectivity index (χ0) is 20.8.